The second-order valence-corrected chi connectivity index (χ2v) is 4.92. The molecule has 4 nitrogen and oxygen atoms in total. The first-order chi connectivity index (χ1) is 9.19. The zero-order valence-electron chi connectivity index (χ0n) is 10.1. The zero-order valence-corrected chi connectivity index (χ0v) is 10.9. The predicted octanol–water partition coefficient (Wildman–Crippen LogP) is 3.31. The lowest BCUT2D eigenvalue weighted by atomic mass is 10.2. The number of aromatic nitrogens is 4. The number of hydrogen-bond donors (Lipinski definition) is 1. The average molecular weight is 280 g/mol. The van der Waals surface area contributed by atoms with E-state index in [1.165, 1.54) is 11.5 Å². The van der Waals surface area contributed by atoms with Crippen LogP contribution in [0.4, 0.5) is 8.78 Å². The van der Waals surface area contributed by atoms with Crippen molar-refractivity contribution in [2.45, 2.75) is 19.8 Å². The number of H-pyrrole nitrogens is 1. The summed E-state index contributed by atoms with van der Waals surface area (Å²) < 4.78 is 30.2. The van der Waals surface area contributed by atoms with Gasteiger partial charge >= 0.3 is 0 Å². The van der Waals surface area contributed by atoms with Gasteiger partial charge in [-0.15, -0.1) is 5.10 Å². The van der Waals surface area contributed by atoms with Crippen molar-refractivity contribution in [2.24, 2.45) is 0 Å². The topological polar surface area (TPSA) is 54.5 Å². The number of halogens is 2. The van der Waals surface area contributed by atoms with Gasteiger partial charge in [0.1, 0.15) is 4.88 Å². The Morgan fingerprint density at radius 1 is 1.26 bits per heavy atom. The fraction of sp³-hybridized carbons (Fsp3) is 0.250. The van der Waals surface area contributed by atoms with Crippen LogP contribution in [0.1, 0.15) is 19.0 Å². The molecule has 0 saturated carbocycles. The summed E-state index contributed by atoms with van der Waals surface area (Å²) in [5.74, 6) is -1.24. The molecule has 0 aliphatic rings. The molecule has 0 aliphatic carbocycles. The fourth-order valence-corrected chi connectivity index (χ4v) is 2.55. The molecule has 1 aromatic carbocycles. The number of rotatable bonds is 3. The van der Waals surface area contributed by atoms with Gasteiger partial charge in [0.25, 0.3) is 0 Å². The predicted molar refractivity (Wildman–Crippen MR) is 68.9 cm³/mol. The van der Waals surface area contributed by atoms with E-state index in [0.717, 1.165) is 35.5 Å². The third kappa shape index (κ3) is 2.10. The van der Waals surface area contributed by atoms with Gasteiger partial charge in [0.05, 0.1) is 16.7 Å². The van der Waals surface area contributed by atoms with Crippen LogP contribution in [-0.4, -0.2) is 19.6 Å². The van der Waals surface area contributed by atoms with Crippen molar-refractivity contribution >= 4 is 22.6 Å². The summed E-state index contributed by atoms with van der Waals surface area (Å²) in [5, 5.41) is 4.05. The molecular formula is C12H10F2N4S. The number of aromatic amines is 1. The number of hydrogen-bond acceptors (Lipinski definition) is 4. The molecule has 0 radical (unpaired) electrons. The summed E-state index contributed by atoms with van der Waals surface area (Å²) in [4.78, 5) is 8.06. The second-order valence-electron chi connectivity index (χ2n) is 4.17. The monoisotopic (exact) mass is 280 g/mol. The normalized spacial score (nSPS) is 11.3. The first kappa shape index (κ1) is 12.2. The Morgan fingerprint density at radius 3 is 2.84 bits per heavy atom. The minimum Gasteiger partial charge on any atom is -0.337 e. The number of aryl methyl sites for hydroxylation is 1. The maximum absolute atomic E-state index is 13.2. The van der Waals surface area contributed by atoms with Crippen molar-refractivity contribution in [1.29, 1.82) is 0 Å². The average Bonchev–Trinajstić information content (AvgIpc) is 2.96. The van der Waals surface area contributed by atoms with Gasteiger partial charge in [-0.3, -0.25) is 0 Å². The molecule has 2 aromatic heterocycles. The number of fused-ring (bicyclic) bond motifs is 1. The van der Waals surface area contributed by atoms with Crippen molar-refractivity contribution < 1.29 is 8.78 Å². The molecule has 0 aliphatic heterocycles. The Balaban J connectivity index is 2.12. The number of benzene rings is 1. The zero-order chi connectivity index (χ0) is 13.4. The minimum absolute atomic E-state index is 0.393. The van der Waals surface area contributed by atoms with Crippen LogP contribution in [0.2, 0.25) is 0 Å². The van der Waals surface area contributed by atoms with Crippen LogP contribution < -0.4 is 0 Å². The molecule has 0 unspecified atom stereocenters. The van der Waals surface area contributed by atoms with E-state index in [0.29, 0.717) is 16.9 Å². The van der Waals surface area contributed by atoms with Crippen LogP contribution >= 0.6 is 11.5 Å². The second kappa shape index (κ2) is 4.65. The quantitative estimate of drug-likeness (QED) is 0.800. The van der Waals surface area contributed by atoms with Crippen LogP contribution in [0.15, 0.2) is 12.1 Å². The molecule has 0 saturated heterocycles. The van der Waals surface area contributed by atoms with Crippen LogP contribution in [-0.2, 0) is 6.42 Å². The molecular weight excluding hydrogens is 270 g/mol. The van der Waals surface area contributed by atoms with E-state index in [1.54, 1.807) is 0 Å². The van der Waals surface area contributed by atoms with Gasteiger partial charge in [0.15, 0.2) is 17.5 Å². The molecule has 0 spiro atoms. The van der Waals surface area contributed by atoms with Crippen LogP contribution in [0.3, 0.4) is 0 Å². The highest BCUT2D eigenvalue weighted by molar-refractivity contribution is 7.09. The number of nitrogens with zero attached hydrogens (tertiary/aromatic N) is 3. The third-order valence-electron chi connectivity index (χ3n) is 2.78. The molecule has 19 heavy (non-hydrogen) atoms. The highest BCUT2D eigenvalue weighted by Gasteiger charge is 2.15. The first-order valence-electron chi connectivity index (χ1n) is 5.85. The molecule has 7 heteroatoms. The van der Waals surface area contributed by atoms with Gasteiger partial charge in [-0.2, -0.15) is 0 Å². The lowest BCUT2D eigenvalue weighted by molar-refractivity contribution is 0.510. The highest BCUT2D eigenvalue weighted by atomic mass is 32.1. The molecule has 0 fully saturated rings. The van der Waals surface area contributed by atoms with Gasteiger partial charge in [0, 0.05) is 12.1 Å². The summed E-state index contributed by atoms with van der Waals surface area (Å²) in [6.45, 7) is 2.05. The summed E-state index contributed by atoms with van der Waals surface area (Å²) in [6, 6.07) is 2.19. The smallest absolute Gasteiger partial charge is 0.161 e. The van der Waals surface area contributed by atoms with E-state index in [1.807, 2.05) is 6.92 Å². The highest BCUT2D eigenvalue weighted by Crippen LogP contribution is 2.27. The van der Waals surface area contributed by atoms with Crippen LogP contribution in [0.25, 0.3) is 21.7 Å². The largest absolute Gasteiger partial charge is 0.337 e. The maximum atomic E-state index is 13.2. The minimum atomic E-state index is -0.901. The SMILES string of the molecule is CCCc1nnsc1-c1nc2cc(F)c(F)cc2[nH]1. The van der Waals surface area contributed by atoms with E-state index >= 15 is 0 Å². The van der Waals surface area contributed by atoms with E-state index in [2.05, 4.69) is 19.6 Å². The lowest BCUT2D eigenvalue weighted by Crippen LogP contribution is -1.88. The Bertz CT molecular complexity index is 695. The van der Waals surface area contributed by atoms with Crippen molar-refractivity contribution in [3.05, 3.63) is 29.5 Å². The van der Waals surface area contributed by atoms with Crippen LogP contribution in [0, 0.1) is 11.6 Å². The standard InChI is InChI=1S/C12H10F2N4S/c1-2-3-8-11(19-18-17-8)12-15-9-4-6(13)7(14)5-10(9)16-12/h4-5H,2-3H2,1H3,(H,15,16). The van der Waals surface area contributed by atoms with Gasteiger partial charge in [-0.25, -0.2) is 13.8 Å². The number of nitrogens with one attached hydrogen (secondary N) is 1. The molecule has 3 rings (SSSR count). The van der Waals surface area contributed by atoms with Crippen molar-refractivity contribution in [3.63, 3.8) is 0 Å². The summed E-state index contributed by atoms with van der Waals surface area (Å²) in [6.07, 6.45) is 1.74. The molecule has 1 N–H and O–H groups in total. The van der Waals surface area contributed by atoms with Crippen LogP contribution in [0.5, 0.6) is 0 Å². The van der Waals surface area contributed by atoms with Gasteiger partial charge in [-0.05, 0) is 18.0 Å². The lowest BCUT2D eigenvalue weighted by Gasteiger charge is -1.94. The van der Waals surface area contributed by atoms with E-state index < -0.39 is 11.6 Å². The van der Waals surface area contributed by atoms with Gasteiger partial charge in [-0.1, -0.05) is 17.8 Å². The summed E-state index contributed by atoms with van der Waals surface area (Å²) in [5.41, 5.74) is 1.71. The van der Waals surface area contributed by atoms with Crippen molar-refractivity contribution in [1.82, 2.24) is 19.6 Å². The van der Waals surface area contributed by atoms with E-state index in [-0.39, 0.29) is 0 Å². The first-order valence-corrected chi connectivity index (χ1v) is 6.62. The Hall–Kier alpha value is -1.89. The van der Waals surface area contributed by atoms with E-state index in [4.69, 9.17) is 0 Å². The van der Waals surface area contributed by atoms with E-state index in [9.17, 15) is 8.78 Å². The molecule has 0 bridgehead atoms. The van der Waals surface area contributed by atoms with Crippen molar-refractivity contribution in [2.75, 3.05) is 0 Å². The fourth-order valence-electron chi connectivity index (χ4n) is 1.90. The maximum Gasteiger partial charge on any atom is 0.161 e. The molecule has 0 atom stereocenters. The third-order valence-corrected chi connectivity index (χ3v) is 3.56. The van der Waals surface area contributed by atoms with Gasteiger partial charge < -0.3 is 4.98 Å². The Kier molecular flexibility index (Phi) is 2.98. The molecule has 0 amide bonds. The number of imidazole rings is 1. The molecule has 3 aromatic rings. The molecule has 2 heterocycles. The summed E-state index contributed by atoms with van der Waals surface area (Å²) >= 11 is 1.22. The molecule has 98 valence electrons. The summed E-state index contributed by atoms with van der Waals surface area (Å²) in [7, 11) is 0. The van der Waals surface area contributed by atoms with Crippen molar-refractivity contribution in [3.8, 4) is 10.7 Å². The Labute approximate surface area is 111 Å². The Morgan fingerprint density at radius 2 is 2.05 bits per heavy atom. The van der Waals surface area contributed by atoms with Gasteiger partial charge in [0.2, 0.25) is 0 Å².